The fourth-order valence-corrected chi connectivity index (χ4v) is 3.82. The first-order valence-corrected chi connectivity index (χ1v) is 10.4. The Kier molecular flexibility index (Phi) is 5.77. The average Bonchev–Trinajstić information content (AvgIpc) is 3.11. The van der Waals surface area contributed by atoms with Crippen LogP contribution in [0.2, 0.25) is 0 Å². The van der Waals surface area contributed by atoms with Crippen LogP contribution < -0.4 is 5.46 Å². The van der Waals surface area contributed by atoms with Gasteiger partial charge in [0, 0.05) is 13.1 Å². The maximum atomic E-state index is 15.2. The van der Waals surface area contributed by atoms with Crippen molar-refractivity contribution in [1.82, 2.24) is 14.7 Å². The molecule has 1 aromatic heterocycles. The van der Waals surface area contributed by atoms with Crippen LogP contribution in [0.25, 0.3) is 0 Å². The summed E-state index contributed by atoms with van der Waals surface area (Å²) >= 11 is 0. The molecular formula is C20H33BFN3O4. The number of rotatable bonds is 3. The van der Waals surface area contributed by atoms with Crippen LogP contribution in [0.5, 0.6) is 0 Å². The molecule has 0 aliphatic carbocycles. The Morgan fingerprint density at radius 2 is 1.93 bits per heavy atom. The third-order valence-corrected chi connectivity index (χ3v) is 6.19. The predicted molar refractivity (Wildman–Crippen MR) is 109 cm³/mol. The van der Waals surface area contributed by atoms with Crippen LogP contribution in [0.3, 0.4) is 0 Å². The van der Waals surface area contributed by atoms with Gasteiger partial charge < -0.3 is 18.9 Å². The number of piperidine rings is 1. The Balaban J connectivity index is 1.66. The van der Waals surface area contributed by atoms with Gasteiger partial charge in [0.05, 0.1) is 28.9 Å². The van der Waals surface area contributed by atoms with E-state index in [0.29, 0.717) is 31.4 Å². The van der Waals surface area contributed by atoms with E-state index >= 15 is 4.39 Å². The van der Waals surface area contributed by atoms with Gasteiger partial charge in [-0.2, -0.15) is 9.49 Å². The van der Waals surface area contributed by atoms with E-state index in [1.165, 1.54) is 10.9 Å². The molecule has 0 saturated carbocycles. The minimum atomic E-state index is -0.773. The summed E-state index contributed by atoms with van der Waals surface area (Å²) in [6, 6.07) is -0.116. The van der Waals surface area contributed by atoms with E-state index in [0.717, 1.165) is 6.42 Å². The summed E-state index contributed by atoms with van der Waals surface area (Å²) in [6.07, 6.45) is 3.16. The van der Waals surface area contributed by atoms with Crippen molar-refractivity contribution in [2.24, 2.45) is 0 Å². The van der Waals surface area contributed by atoms with Gasteiger partial charge in [-0.3, -0.25) is 0 Å². The Morgan fingerprint density at radius 1 is 1.31 bits per heavy atom. The lowest BCUT2D eigenvalue weighted by atomic mass is 9.81. The molecule has 0 spiro atoms. The highest BCUT2D eigenvalue weighted by Gasteiger charge is 2.54. The Morgan fingerprint density at radius 3 is 2.45 bits per heavy atom. The molecule has 0 aromatic carbocycles. The molecule has 9 heteroatoms. The lowest BCUT2D eigenvalue weighted by molar-refractivity contribution is -0.0118. The maximum absolute atomic E-state index is 15.2. The molecule has 0 bridgehead atoms. The molecule has 29 heavy (non-hydrogen) atoms. The fourth-order valence-electron chi connectivity index (χ4n) is 3.82. The lowest BCUT2D eigenvalue weighted by Crippen LogP contribution is -2.44. The number of carbonyl (C=O) groups is 1. The number of hydrogen-bond donors (Lipinski definition) is 0. The summed E-state index contributed by atoms with van der Waals surface area (Å²) < 4.78 is 34.1. The van der Waals surface area contributed by atoms with Crippen molar-refractivity contribution in [2.45, 2.75) is 90.6 Å². The monoisotopic (exact) mass is 409 g/mol. The van der Waals surface area contributed by atoms with Crippen molar-refractivity contribution in [3.63, 3.8) is 0 Å². The molecule has 2 aliphatic heterocycles. The van der Waals surface area contributed by atoms with Crippen LogP contribution in [0.1, 0.15) is 73.8 Å². The fraction of sp³-hybridized carbons (Fsp3) is 0.800. The molecule has 3 heterocycles. The Hall–Kier alpha value is -1.61. The minimum Gasteiger partial charge on any atom is -0.444 e. The van der Waals surface area contributed by atoms with Gasteiger partial charge in [-0.05, 0) is 60.8 Å². The number of hydrogen-bond acceptors (Lipinski definition) is 5. The molecule has 1 amide bonds. The van der Waals surface area contributed by atoms with E-state index in [1.807, 2.05) is 48.5 Å². The van der Waals surface area contributed by atoms with E-state index in [-0.39, 0.29) is 12.1 Å². The van der Waals surface area contributed by atoms with Gasteiger partial charge in [-0.1, -0.05) is 6.92 Å². The summed E-state index contributed by atoms with van der Waals surface area (Å²) in [5.74, 6) is -0.429. The van der Waals surface area contributed by atoms with Crippen molar-refractivity contribution in [2.75, 3.05) is 13.1 Å². The van der Waals surface area contributed by atoms with Crippen molar-refractivity contribution in [1.29, 1.82) is 0 Å². The number of aromatic nitrogens is 2. The second-order valence-corrected chi connectivity index (χ2v) is 9.70. The SMILES string of the molecule is CCC1(C)OB(c2cnn(C3CCN(C(=O)OC(C)(C)C)CC3)c2F)OC1(C)C. The molecule has 7 nitrogen and oxygen atoms in total. The molecule has 0 radical (unpaired) electrons. The van der Waals surface area contributed by atoms with Crippen molar-refractivity contribution < 1.29 is 23.2 Å². The molecule has 1 atom stereocenters. The molecule has 1 unspecified atom stereocenters. The summed E-state index contributed by atoms with van der Waals surface area (Å²) in [6.45, 7) is 14.5. The number of halogens is 1. The minimum absolute atomic E-state index is 0.116. The first-order chi connectivity index (χ1) is 13.4. The highest BCUT2D eigenvalue weighted by molar-refractivity contribution is 6.62. The van der Waals surface area contributed by atoms with E-state index in [4.69, 9.17) is 14.0 Å². The van der Waals surface area contributed by atoms with Crippen LogP contribution in [0.4, 0.5) is 9.18 Å². The Labute approximate surface area is 173 Å². The van der Waals surface area contributed by atoms with Crippen LogP contribution in [0.15, 0.2) is 6.20 Å². The second-order valence-electron chi connectivity index (χ2n) is 9.70. The normalized spacial score (nSPS) is 25.5. The quantitative estimate of drug-likeness (QED) is 0.717. The number of carbonyl (C=O) groups excluding carboxylic acids is 1. The Bertz CT molecular complexity index is 755. The highest BCUT2D eigenvalue weighted by Crippen LogP contribution is 2.39. The zero-order valence-electron chi connectivity index (χ0n) is 18.6. The van der Waals surface area contributed by atoms with Crippen LogP contribution in [-0.4, -0.2) is 57.8 Å². The van der Waals surface area contributed by atoms with E-state index in [9.17, 15) is 4.79 Å². The molecular weight excluding hydrogens is 376 g/mol. The van der Waals surface area contributed by atoms with Gasteiger partial charge in [-0.25, -0.2) is 9.48 Å². The van der Waals surface area contributed by atoms with E-state index < -0.39 is 29.9 Å². The van der Waals surface area contributed by atoms with Crippen LogP contribution >= 0.6 is 0 Å². The number of ether oxygens (including phenoxy) is 1. The lowest BCUT2D eigenvalue weighted by Gasteiger charge is -2.35. The first-order valence-electron chi connectivity index (χ1n) is 10.4. The third kappa shape index (κ3) is 4.31. The smallest absolute Gasteiger partial charge is 0.444 e. The second kappa shape index (κ2) is 7.58. The largest absolute Gasteiger partial charge is 0.501 e. The van der Waals surface area contributed by atoms with Gasteiger partial charge in [-0.15, -0.1) is 0 Å². The predicted octanol–water partition coefficient (Wildman–Crippen LogP) is 3.28. The maximum Gasteiger partial charge on any atom is 0.501 e. The van der Waals surface area contributed by atoms with Crippen molar-refractivity contribution >= 4 is 18.7 Å². The molecule has 0 N–H and O–H groups in total. The summed E-state index contributed by atoms with van der Waals surface area (Å²) in [4.78, 5) is 13.9. The van der Waals surface area contributed by atoms with Crippen LogP contribution in [0, 0.1) is 5.95 Å². The van der Waals surface area contributed by atoms with Gasteiger partial charge >= 0.3 is 13.2 Å². The topological polar surface area (TPSA) is 65.8 Å². The van der Waals surface area contributed by atoms with Crippen molar-refractivity contribution in [3.05, 3.63) is 12.1 Å². The molecule has 2 saturated heterocycles. The molecule has 162 valence electrons. The zero-order chi connectivity index (χ0) is 21.6. The van der Waals surface area contributed by atoms with Crippen molar-refractivity contribution in [3.8, 4) is 0 Å². The molecule has 2 aliphatic rings. The standard InChI is InChI=1S/C20H33BFN3O4/c1-8-20(7)19(5,6)28-21(29-20)15-13-23-25(16(15)22)14-9-11-24(12-10-14)17(26)27-18(2,3)4/h13-14H,8-12H2,1-7H3. The summed E-state index contributed by atoms with van der Waals surface area (Å²) in [7, 11) is -0.773. The summed E-state index contributed by atoms with van der Waals surface area (Å²) in [5, 5.41) is 4.28. The van der Waals surface area contributed by atoms with E-state index in [2.05, 4.69) is 5.10 Å². The van der Waals surface area contributed by atoms with Gasteiger partial charge in [0.25, 0.3) is 0 Å². The van der Waals surface area contributed by atoms with Crippen LogP contribution in [-0.2, 0) is 14.0 Å². The molecule has 2 fully saturated rings. The summed E-state index contributed by atoms with van der Waals surface area (Å²) in [5.41, 5.74) is -1.23. The average molecular weight is 409 g/mol. The molecule has 3 rings (SSSR count). The van der Waals surface area contributed by atoms with E-state index in [1.54, 1.807) is 4.90 Å². The molecule has 1 aromatic rings. The van der Waals surface area contributed by atoms with Gasteiger partial charge in [0.2, 0.25) is 5.95 Å². The zero-order valence-corrected chi connectivity index (χ0v) is 18.6. The first kappa shape index (κ1) is 22.1. The van der Waals surface area contributed by atoms with Gasteiger partial charge in [0.15, 0.2) is 0 Å². The third-order valence-electron chi connectivity index (χ3n) is 6.19. The number of amides is 1. The highest BCUT2D eigenvalue weighted by atomic mass is 19.1. The number of nitrogens with zero attached hydrogens (tertiary/aromatic N) is 3. The number of likely N-dealkylation sites (tertiary alicyclic amines) is 1. The van der Waals surface area contributed by atoms with Gasteiger partial charge in [0.1, 0.15) is 5.60 Å².